The van der Waals surface area contributed by atoms with E-state index in [-0.39, 0.29) is 5.91 Å². The Bertz CT molecular complexity index is 730. The Morgan fingerprint density at radius 2 is 1.88 bits per heavy atom. The van der Waals surface area contributed by atoms with Crippen LogP contribution in [0.25, 0.3) is 0 Å². The number of rotatable bonds is 2. The van der Waals surface area contributed by atoms with Crippen molar-refractivity contribution in [3.63, 3.8) is 0 Å². The number of nitrogens with zero attached hydrogens (tertiary/aromatic N) is 4. The van der Waals surface area contributed by atoms with Gasteiger partial charge in [-0.2, -0.15) is 0 Å². The molecule has 24 heavy (non-hydrogen) atoms. The molecule has 5 heteroatoms. The number of piperidine rings is 1. The fourth-order valence-corrected chi connectivity index (χ4v) is 3.99. The zero-order valence-corrected chi connectivity index (χ0v) is 14.2. The molecule has 2 aliphatic heterocycles. The predicted octanol–water partition coefficient (Wildman–Crippen LogP) is 2.08. The van der Waals surface area contributed by atoms with Crippen molar-refractivity contribution in [3.8, 4) is 0 Å². The van der Waals surface area contributed by atoms with E-state index in [1.807, 2.05) is 11.9 Å². The van der Waals surface area contributed by atoms with E-state index in [1.165, 1.54) is 11.1 Å². The maximum absolute atomic E-state index is 12.6. The molecule has 0 aliphatic carbocycles. The summed E-state index contributed by atoms with van der Waals surface area (Å²) in [5, 5.41) is 0. The molecule has 0 atom stereocenters. The van der Waals surface area contributed by atoms with E-state index in [0.717, 1.165) is 45.4 Å². The SMILES string of the molecule is Cn1cncc1C(=O)N1CCC(N2CCc3ccccc3C2)CC1. The van der Waals surface area contributed by atoms with E-state index in [9.17, 15) is 4.79 Å². The number of imidazole rings is 1. The number of likely N-dealkylation sites (tertiary alicyclic amines) is 1. The van der Waals surface area contributed by atoms with Crippen LogP contribution in [-0.4, -0.2) is 50.9 Å². The lowest BCUT2D eigenvalue weighted by atomic mass is 9.95. The number of carbonyl (C=O) groups excluding carboxylic acids is 1. The summed E-state index contributed by atoms with van der Waals surface area (Å²) in [4.78, 5) is 21.2. The summed E-state index contributed by atoms with van der Waals surface area (Å²) in [6.45, 7) is 3.87. The fraction of sp³-hybridized carbons (Fsp3) is 0.474. The van der Waals surface area contributed by atoms with E-state index in [4.69, 9.17) is 0 Å². The number of fused-ring (bicyclic) bond motifs is 1. The van der Waals surface area contributed by atoms with Gasteiger partial charge in [0.05, 0.1) is 12.5 Å². The van der Waals surface area contributed by atoms with E-state index >= 15 is 0 Å². The first-order chi connectivity index (χ1) is 11.7. The second kappa shape index (κ2) is 6.40. The molecule has 0 bridgehead atoms. The summed E-state index contributed by atoms with van der Waals surface area (Å²) in [6, 6.07) is 9.37. The van der Waals surface area contributed by atoms with Gasteiger partial charge >= 0.3 is 0 Å². The number of benzene rings is 1. The molecule has 0 saturated carbocycles. The van der Waals surface area contributed by atoms with Crippen molar-refractivity contribution in [3.05, 3.63) is 53.6 Å². The van der Waals surface area contributed by atoms with Crippen LogP contribution in [0.5, 0.6) is 0 Å². The Labute approximate surface area is 142 Å². The molecule has 2 aromatic rings. The maximum Gasteiger partial charge on any atom is 0.272 e. The summed E-state index contributed by atoms with van der Waals surface area (Å²) >= 11 is 0. The normalized spacial score (nSPS) is 19.3. The lowest BCUT2D eigenvalue weighted by Gasteiger charge is -2.40. The van der Waals surface area contributed by atoms with Crippen molar-refractivity contribution in [1.29, 1.82) is 0 Å². The standard InChI is InChI=1S/C19H24N4O/c1-21-14-20-12-18(21)19(24)22-10-7-17(8-11-22)23-9-6-15-4-2-3-5-16(15)13-23/h2-5,12,14,17H,6-11,13H2,1H3. The van der Waals surface area contributed by atoms with Crippen LogP contribution in [0.15, 0.2) is 36.8 Å². The van der Waals surface area contributed by atoms with Crippen LogP contribution in [0.1, 0.15) is 34.5 Å². The Balaban J connectivity index is 1.37. The average Bonchev–Trinajstić information content (AvgIpc) is 3.07. The number of aromatic nitrogens is 2. The quantitative estimate of drug-likeness (QED) is 0.849. The minimum atomic E-state index is 0.109. The molecular weight excluding hydrogens is 300 g/mol. The molecule has 0 N–H and O–H groups in total. The molecule has 5 nitrogen and oxygen atoms in total. The van der Waals surface area contributed by atoms with Crippen LogP contribution in [0.3, 0.4) is 0 Å². The average molecular weight is 324 g/mol. The van der Waals surface area contributed by atoms with Crippen molar-refractivity contribution < 1.29 is 4.79 Å². The Kier molecular flexibility index (Phi) is 4.10. The van der Waals surface area contributed by atoms with Crippen LogP contribution >= 0.6 is 0 Å². The summed E-state index contributed by atoms with van der Waals surface area (Å²) in [7, 11) is 1.87. The van der Waals surface area contributed by atoms with Gasteiger partial charge in [-0.3, -0.25) is 9.69 Å². The molecular formula is C19H24N4O. The van der Waals surface area contributed by atoms with Gasteiger partial charge in [0, 0.05) is 39.3 Å². The molecule has 1 aromatic carbocycles. The number of hydrogen-bond donors (Lipinski definition) is 0. The van der Waals surface area contributed by atoms with Crippen molar-refractivity contribution in [2.24, 2.45) is 7.05 Å². The molecule has 2 aliphatic rings. The molecule has 3 heterocycles. The smallest absolute Gasteiger partial charge is 0.272 e. The zero-order chi connectivity index (χ0) is 16.5. The van der Waals surface area contributed by atoms with Gasteiger partial charge in [0.2, 0.25) is 0 Å². The minimum Gasteiger partial charge on any atom is -0.337 e. The van der Waals surface area contributed by atoms with E-state index < -0.39 is 0 Å². The topological polar surface area (TPSA) is 41.4 Å². The van der Waals surface area contributed by atoms with Gasteiger partial charge < -0.3 is 9.47 Å². The van der Waals surface area contributed by atoms with Crippen LogP contribution in [0, 0.1) is 0 Å². The molecule has 126 valence electrons. The summed E-state index contributed by atoms with van der Waals surface area (Å²) in [5.74, 6) is 0.109. The van der Waals surface area contributed by atoms with Crippen molar-refractivity contribution in [1.82, 2.24) is 19.4 Å². The van der Waals surface area contributed by atoms with E-state index in [0.29, 0.717) is 11.7 Å². The van der Waals surface area contributed by atoms with Crippen LogP contribution in [-0.2, 0) is 20.0 Å². The first-order valence-electron chi connectivity index (χ1n) is 8.79. The molecule has 0 unspecified atom stereocenters. The van der Waals surface area contributed by atoms with Gasteiger partial charge in [0.15, 0.2) is 0 Å². The lowest BCUT2D eigenvalue weighted by molar-refractivity contribution is 0.0591. The van der Waals surface area contributed by atoms with Crippen LogP contribution < -0.4 is 0 Å². The van der Waals surface area contributed by atoms with Gasteiger partial charge in [-0.05, 0) is 30.4 Å². The number of hydrogen-bond acceptors (Lipinski definition) is 3. The summed E-state index contributed by atoms with van der Waals surface area (Å²) in [5.41, 5.74) is 3.65. The molecule has 1 saturated heterocycles. The number of carbonyl (C=O) groups is 1. The monoisotopic (exact) mass is 324 g/mol. The Morgan fingerprint density at radius 1 is 1.12 bits per heavy atom. The van der Waals surface area contributed by atoms with Crippen molar-refractivity contribution in [2.75, 3.05) is 19.6 Å². The largest absolute Gasteiger partial charge is 0.337 e. The van der Waals surface area contributed by atoms with Gasteiger partial charge in [0.25, 0.3) is 5.91 Å². The third-order valence-corrected chi connectivity index (χ3v) is 5.46. The highest BCUT2D eigenvalue weighted by Gasteiger charge is 2.29. The summed E-state index contributed by atoms with van der Waals surface area (Å²) < 4.78 is 1.80. The Morgan fingerprint density at radius 3 is 2.58 bits per heavy atom. The van der Waals surface area contributed by atoms with Gasteiger partial charge in [-0.1, -0.05) is 24.3 Å². The number of aryl methyl sites for hydroxylation is 1. The second-order valence-electron chi connectivity index (χ2n) is 6.90. The maximum atomic E-state index is 12.6. The van der Waals surface area contributed by atoms with E-state index in [1.54, 1.807) is 17.1 Å². The molecule has 1 amide bonds. The third-order valence-electron chi connectivity index (χ3n) is 5.46. The van der Waals surface area contributed by atoms with Gasteiger partial charge in [-0.15, -0.1) is 0 Å². The molecule has 1 fully saturated rings. The first-order valence-corrected chi connectivity index (χ1v) is 8.79. The molecule has 0 radical (unpaired) electrons. The number of amides is 1. The molecule has 1 aromatic heterocycles. The molecule has 0 spiro atoms. The second-order valence-corrected chi connectivity index (χ2v) is 6.90. The van der Waals surface area contributed by atoms with Crippen LogP contribution in [0.2, 0.25) is 0 Å². The van der Waals surface area contributed by atoms with E-state index in [2.05, 4.69) is 34.1 Å². The van der Waals surface area contributed by atoms with Crippen LogP contribution in [0.4, 0.5) is 0 Å². The van der Waals surface area contributed by atoms with Crippen molar-refractivity contribution in [2.45, 2.75) is 31.8 Å². The zero-order valence-electron chi connectivity index (χ0n) is 14.2. The fourth-order valence-electron chi connectivity index (χ4n) is 3.99. The van der Waals surface area contributed by atoms with Gasteiger partial charge in [-0.25, -0.2) is 4.98 Å². The highest BCUT2D eigenvalue weighted by atomic mass is 16.2. The predicted molar refractivity (Wildman–Crippen MR) is 92.7 cm³/mol. The highest BCUT2D eigenvalue weighted by Crippen LogP contribution is 2.25. The van der Waals surface area contributed by atoms with Crippen molar-refractivity contribution >= 4 is 5.91 Å². The summed E-state index contributed by atoms with van der Waals surface area (Å²) in [6.07, 6.45) is 6.61. The Hall–Kier alpha value is -2.14. The van der Waals surface area contributed by atoms with Gasteiger partial charge in [0.1, 0.15) is 5.69 Å². The third kappa shape index (κ3) is 2.84. The first kappa shape index (κ1) is 15.4. The highest BCUT2D eigenvalue weighted by molar-refractivity contribution is 5.92. The lowest BCUT2D eigenvalue weighted by Crippen LogP contribution is -2.48. The minimum absolute atomic E-state index is 0.109. The molecule has 4 rings (SSSR count).